The van der Waals surface area contributed by atoms with Gasteiger partial charge in [-0.05, 0) is 42.8 Å². The summed E-state index contributed by atoms with van der Waals surface area (Å²) in [6.45, 7) is 1.87. The second-order valence-electron chi connectivity index (χ2n) is 9.03. The molecule has 3 aromatic carbocycles. The summed E-state index contributed by atoms with van der Waals surface area (Å²) in [7, 11) is 3.11. The van der Waals surface area contributed by atoms with E-state index in [1.54, 1.807) is 87.9 Å². The Morgan fingerprint density at radius 2 is 1.57 bits per heavy atom. The van der Waals surface area contributed by atoms with Gasteiger partial charge in [0.05, 0.1) is 26.7 Å². The van der Waals surface area contributed by atoms with Crippen LogP contribution in [-0.2, 0) is 9.53 Å². The summed E-state index contributed by atoms with van der Waals surface area (Å²) in [6.07, 6.45) is -1.02. The van der Waals surface area contributed by atoms with Crippen LogP contribution in [0.5, 0.6) is 17.2 Å². The molecule has 0 bridgehead atoms. The van der Waals surface area contributed by atoms with Crippen LogP contribution in [0.25, 0.3) is 0 Å². The normalized spacial score (nSPS) is 25.8. The average Bonchev–Trinajstić information content (AvgIpc) is 3.31. The van der Waals surface area contributed by atoms with Crippen LogP contribution >= 0.6 is 0 Å². The molecule has 3 aromatic rings. The summed E-state index contributed by atoms with van der Waals surface area (Å²) in [5.41, 5.74) is 0.0396. The van der Waals surface area contributed by atoms with Crippen molar-refractivity contribution >= 4 is 5.97 Å². The molecule has 5 atom stereocenters. The number of benzene rings is 3. The Kier molecular flexibility index (Phi) is 6.47. The lowest BCUT2D eigenvalue weighted by Gasteiger charge is -2.42. The third-order valence-electron chi connectivity index (χ3n) is 7.28. The number of nitrogens with zero attached hydrogens (tertiary/aromatic N) is 1. The summed E-state index contributed by atoms with van der Waals surface area (Å²) in [5, 5.41) is 16.7. The fourth-order valence-electron chi connectivity index (χ4n) is 5.69. The number of para-hydroxylation sites is 1. The number of rotatable bonds is 7. The van der Waals surface area contributed by atoms with E-state index in [2.05, 4.69) is 5.32 Å². The molecule has 2 heterocycles. The van der Waals surface area contributed by atoms with Crippen LogP contribution in [0, 0.1) is 10.1 Å². The summed E-state index contributed by atoms with van der Waals surface area (Å²) < 4.78 is 22.5. The molecule has 0 radical (unpaired) electrons. The SMILES string of the molecule is CCOC(=O)[C@H]1N[C@@H](c2ccc(OC)cc2)[C@@]2([N+](=O)[O-])C(c3ccc(OC)cc3)Oc3ccccc3[C@@H]12. The molecule has 9 heteroatoms. The van der Waals surface area contributed by atoms with Crippen molar-refractivity contribution in [1.29, 1.82) is 0 Å². The molecule has 9 nitrogen and oxygen atoms in total. The maximum atomic E-state index is 13.4. The van der Waals surface area contributed by atoms with Gasteiger partial charge < -0.3 is 18.9 Å². The Morgan fingerprint density at radius 3 is 2.14 bits per heavy atom. The van der Waals surface area contributed by atoms with Gasteiger partial charge in [0.2, 0.25) is 0 Å². The van der Waals surface area contributed by atoms with Gasteiger partial charge in [-0.25, -0.2) is 0 Å². The maximum Gasteiger partial charge on any atom is 0.324 e. The molecule has 37 heavy (non-hydrogen) atoms. The van der Waals surface area contributed by atoms with E-state index in [1.807, 2.05) is 6.07 Å². The number of hydrogen-bond donors (Lipinski definition) is 1. The van der Waals surface area contributed by atoms with E-state index >= 15 is 0 Å². The number of nitro groups is 1. The Hall–Kier alpha value is -4.11. The highest BCUT2D eigenvalue weighted by Crippen LogP contribution is 2.60. The van der Waals surface area contributed by atoms with Crippen molar-refractivity contribution in [1.82, 2.24) is 5.32 Å². The molecule has 0 saturated carbocycles. The van der Waals surface area contributed by atoms with Crippen LogP contribution in [0.2, 0.25) is 0 Å². The van der Waals surface area contributed by atoms with Crippen LogP contribution in [0.4, 0.5) is 0 Å². The quantitative estimate of drug-likeness (QED) is 0.290. The molecular weight excluding hydrogens is 476 g/mol. The predicted octanol–water partition coefficient (Wildman–Crippen LogP) is 4.21. The summed E-state index contributed by atoms with van der Waals surface area (Å²) >= 11 is 0. The van der Waals surface area contributed by atoms with Gasteiger partial charge in [-0.3, -0.25) is 20.2 Å². The van der Waals surface area contributed by atoms with Gasteiger partial charge in [0.1, 0.15) is 29.3 Å². The average molecular weight is 505 g/mol. The van der Waals surface area contributed by atoms with Gasteiger partial charge in [0, 0.05) is 16.1 Å². The lowest BCUT2D eigenvalue weighted by Crippen LogP contribution is -2.56. The number of methoxy groups -OCH3 is 2. The molecule has 1 saturated heterocycles. The number of fused-ring (bicyclic) bond motifs is 3. The molecule has 192 valence electrons. The van der Waals surface area contributed by atoms with Crippen LogP contribution in [0.3, 0.4) is 0 Å². The fourth-order valence-corrected chi connectivity index (χ4v) is 5.69. The lowest BCUT2D eigenvalue weighted by atomic mass is 9.67. The predicted molar refractivity (Wildman–Crippen MR) is 135 cm³/mol. The molecule has 0 aliphatic carbocycles. The molecule has 1 N–H and O–H groups in total. The maximum absolute atomic E-state index is 13.4. The summed E-state index contributed by atoms with van der Waals surface area (Å²) in [6, 6.07) is 19.4. The smallest absolute Gasteiger partial charge is 0.324 e. The first-order valence-electron chi connectivity index (χ1n) is 12.1. The Bertz CT molecular complexity index is 1290. The molecule has 1 unspecified atom stereocenters. The van der Waals surface area contributed by atoms with Gasteiger partial charge in [-0.15, -0.1) is 0 Å². The van der Waals surface area contributed by atoms with Gasteiger partial charge >= 0.3 is 5.97 Å². The van der Waals surface area contributed by atoms with Gasteiger partial charge in [0.15, 0.2) is 6.10 Å². The zero-order valence-electron chi connectivity index (χ0n) is 20.7. The first-order chi connectivity index (χ1) is 17.9. The van der Waals surface area contributed by atoms with Crippen LogP contribution in [-0.4, -0.2) is 43.3 Å². The second kappa shape index (κ2) is 9.74. The van der Waals surface area contributed by atoms with E-state index in [-0.39, 0.29) is 11.5 Å². The molecule has 5 rings (SSSR count). The number of carbonyl (C=O) groups excluding carboxylic acids is 1. The summed E-state index contributed by atoms with van der Waals surface area (Å²) in [5.74, 6) is 0.322. The summed E-state index contributed by atoms with van der Waals surface area (Å²) in [4.78, 5) is 26.4. The van der Waals surface area contributed by atoms with Crippen molar-refractivity contribution in [3.05, 3.63) is 99.6 Å². The van der Waals surface area contributed by atoms with Crippen molar-refractivity contribution < 1.29 is 28.7 Å². The van der Waals surface area contributed by atoms with E-state index < -0.39 is 35.6 Å². The minimum Gasteiger partial charge on any atom is -0.497 e. The number of hydrogen-bond acceptors (Lipinski definition) is 8. The number of ether oxygens (including phenoxy) is 4. The van der Waals surface area contributed by atoms with Gasteiger partial charge in [-0.2, -0.15) is 0 Å². The first-order valence-corrected chi connectivity index (χ1v) is 12.1. The topological polar surface area (TPSA) is 109 Å². The Morgan fingerprint density at radius 1 is 0.973 bits per heavy atom. The van der Waals surface area contributed by atoms with E-state index in [1.165, 1.54) is 0 Å². The Balaban J connectivity index is 1.77. The highest BCUT2D eigenvalue weighted by atomic mass is 16.6. The minimum absolute atomic E-state index is 0.155. The zero-order valence-corrected chi connectivity index (χ0v) is 20.7. The monoisotopic (exact) mass is 504 g/mol. The Labute approximate surface area is 214 Å². The van der Waals surface area contributed by atoms with E-state index in [9.17, 15) is 14.9 Å². The molecule has 0 aromatic heterocycles. The van der Waals surface area contributed by atoms with Crippen molar-refractivity contribution in [3.63, 3.8) is 0 Å². The first kappa shape index (κ1) is 24.6. The highest BCUT2D eigenvalue weighted by Gasteiger charge is 2.74. The van der Waals surface area contributed by atoms with E-state index in [0.717, 1.165) is 0 Å². The third-order valence-corrected chi connectivity index (χ3v) is 7.28. The standard InChI is InChI=1S/C28H28N2O7/c1-4-36-27(31)24-23-21-7-5-6-8-22(21)37-26(18-11-15-20(35-3)16-12-18)28(23,30(32)33)25(29-24)17-9-13-19(34-2)14-10-17/h5-16,23-26,29H,4H2,1-3H3/t23-,24-,25-,26?,28+/m0/s1. The van der Waals surface area contributed by atoms with E-state index in [0.29, 0.717) is 33.9 Å². The number of carbonyl (C=O) groups is 1. The largest absolute Gasteiger partial charge is 0.497 e. The molecule has 0 amide bonds. The molecule has 0 spiro atoms. The third kappa shape index (κ3) is 3.86. The van der Waals surface area contributed by atoms with Gasteiger partial charge in [0.25, 0.3) is 5.54 Å². The highest BCUT2D eigenvalue weighted by molar-refractivity contribution is 5.79. The zero-order chi connectivity index (χ0) is 26.2. The number of esters is 1. The van der Waals surface area contributed by atoms with E-state index in [4.69, 9.17) is 18.9 Å². The molecule has 2 aliphatic rings. The van der Waals surface area contributed by atoms with Crippen LogP contribution in [0.15, 0.2) is 72.8 Å². The second-order valence-corrected chi connectivity index (χ2v) is 9.03. The molecule has 2 aliphatic heterocycles. The lowest BCUT2D eigenvalue weighted by molar-refractivity contribution is -0.591. The number of nitrogens with one attached hydrogen (secondary N) is 1. The fraction of sp³-hybridized carbons (Fsp3) is 0.321. The molecular formula is C28H28N2O7. The van der Waals surface area contributed by atoms with Crippen LogP contribution < -0.4 is 19.5 Å². The molecule has 1 fully saturated rings. The van der Waals surface area contributed by atoms with Gasteiger partial charge in [-0.1, -0.05) is 42.5 Å². The van der Waals surface area contributed by atoms with Crippen molar-refractivity contribution in [3.8, 4) is 17.2 Å². The van der Waals surface area contributed by atoms with Crippen molar-refractivity contribution in [2.45, 2.75) is 36.6 Å². The van der Waals surface area contributed by atoms with Crippen LogP contribution in [0.1, 0.15) is 41.7 Å². The minimum atomic E-state index is -1.78. The van der Waals surface area contributed by atoms with Crippen molar-refractivity contribution in [2.75, 3.05) is 20.8 Å². The van der Waals surface area contributed by atoms with Crippen molar-refractivity contribution in [2.24, 2.45) is 0 Å².